The summed E-state index contributed by atoms with van der Waals surface area (Å²) in [6.07, 6.45) is 2.69. The normalized spacial score (nSPS) is 21.1. The van der Waals surface area contributed by atoms with Crippen LogP contribution < -0.4 is 5.73 Å². The lowest BCUT2D eigenvalue weighted by molar-refractivity contribution is -0.145. The van der Waals surface area contributed by atoms with Gasteiger partial charge in [0.15, 0.2) is 0 Å². The van der Waals surface area contributed by atoms with E-state index in [2.05, 4.69) is 11.9 Å². The molecule has 1 rings (SSSR count). The number of hydrogen-bond donors (Lipinski definition) is 2. The van der Waals surface area contributed by atoms with Gasteiger partial charge < -0.3 is 20.6 Å². The van der Waals surface area contributed by atoms with Gasteiger partial charge in [-0.05, 0) is 46.3 Å². The molecule has 0 aromatic heterocycles. The van der Waals surface area contributed by atoms with Gasteiger partial charge in [-0.1, -0.05) is 6.92 Å². The highest BCUT2D eigenvalue weighted by atomic mass is 16.3. The Kier molecular flexibility index (Phi) is 6.23. The van der Waals surface area contributed by atoms with Crippen molar-refractivity contribution in [3.05, 3.63) is 0 Å². The van der Waals surface area contributed by atoms with Crippen molar-refractivity contribution >= 4 is 5.91 Å². The first-order valence-electron chi connectivity index (χ1n) is 7.29. The molecule has 1 fully saturated rings. The molecule has 5 nitrogen and oxygen atoms in total. The van der Waals surface area contributed by atoms with Gasteiger partial charge in [-0.2, -0.15) is 0 Å². The standard InChI is InChI=1S/C14H29N3O2/c1-4-14(2,11-15)13(19)17(9-10-18)12-5-7-16(3)8-6-12/h12,18H,4-11,15H2,1-3H3. The summed E-state index contributed by atoms with van der Waals surface area (Å²) in [6.45, 7) is 6.73. The largest absolute Gasteiger partial charge is 0.395 e. The van der Waals surface area contributed by atoms with Gasteiger partial charge in [-0.25, -0.2) is 0 Å². The maximum Gasteiger partial charge on any atom is 0.230 e. The van der Waals surface area contributed by atoms with Gasteiger partial charge in [-0.15, -0.1) is 0 Å². The molecule has 3 N–H and O–H groups in total. The summed E-state index contributed by atoms with van der Waals surface area (Å²) in [6, 6.07) is 0.244. The average molecular weight is 271 g/mol. The van der Waals surface area contributed by atoms with E-state index in [0.29, 0.717) is 13.1 Å². The van der Waals surface area contributed by atoms with Gasteiger partial charge in [0.05, 0.1) is 12.0 Å². The monoisotopic (exact) mass is 271 g/mol. The highest BCUT2D eigenvalue weighted by Crippen LogP contribution is 2.26. The molecular weight excluding hydrogens is 242 g/mol. The lowest BCUT2D eigenvalue weighted by Gasteiger charge is -2.41. The zero-order valence-corrected chi connectivity index (χ0v) is 12.6. The Bertz CT molecular complexity index is 284. The molecule has 1 heterocycles. The molecule has 0 aliphatic carbocycles. The van der Waals surface area contributed by atoms with Crippen LogP contribution in [0.3, 0.4) is 0 Å². The van der Waals surface area contributed by atoms with Crippen molar-refractivity contribution in [3.63, 3.8) is 0 Å². The zero-order chi connectivity index (χ0) is 14.5. The maximum absolute atomic E-state index is 12.7. The summed E-state index contributed by atoms with van der Waals surface area (Å²) < 4.78 is 0. The van der Waals surface area contributed by atoms with Gasteiger partial charge in [0, 0.05) is 19.1 Å². The molecule has 0 aromatic carbocycles. The summed E-state index contributed by atoms with van der Waals surface area (Å²) in [4.78, 5) is 16.9. The molecule has 1 aliphatic heterocycles. The van der Waals surface area contributed by atoms with E-state index in [-0.39, 0.29) is 18.6 Å². The lowest BCUT2D eigenvalue weighted by Crippen LogP contribution is -2.53. The van der Waals surface area contributed by atoms with E-state index >= 15 is 0 Å². The minimum atomic E-state index is -0.501. The van der Waals surface area contributed by atoms with E-state index in [1.165, 1.54) is 0 Å². The van der Waals surface area contributed by atoms with Crippen LogP contribution >= 0.6 is 0 Å². The number of carbonyl (C=O) groups is 1. The molecule has 0 spiro atoms. The highest BCUT2D eigenvalue weighted by molar-refractivity contribution is 5.83. The van der Waals surface area contributed by atoms with Crippen LogP contribution in [-0.4, -0.2) is 66.7 Å². The second kappa shape index (κ2) is 7.22. The van der Waals surface area contributed by atoms with Crippen LogP contribution in [0, 0.1) is 5.41 Å². The summed E-state index contributed by atoms with van der Waals surface area (Å²) in [5.74, 6) is 0.0982. The van der Waals surface area contributed by atoms with Crippen LogP contribution in [0.15, 0.2) is 0 Å². The van der Waals surface area contributed by atoms with Crippen LogP contribution in [0.5, 0.6) is 0 Å². The smallest absolute Gasteiger partial charge is 0.230 e. The predicted octanol–water partition coefficient (Wildman–Crippen LogP) is 0.277. The number of likely N-dealkylation sites (tertiary alicyclic amines) is 1. The fourth-order valence-electron chi connectivity index (χ4n) is 2.59. The molecule has 0 saturated carbocycles. The van der Waals surface area contributed by atoms with Crippen LogP contribution in [0.4, 0.5) is 0 Å². The van der Waals surface area contributed by atoms with Crippen molar-refractivity contribution in [2.45, 2.75) is 39.2 Å². The van der Waals surface area contributed by atoms with E-state index in [1.807, 2.05) is 18.7 Å². The van der Waals surface area contributed by atoms with Crippen molar-refractivity contribution in [2.24, 2.45) is 11.1 Å². The highest BCUT2D eigenvalue weighted by Gasteiger charge is 2.37. The molecule has 1 saturated heterocycles. The molecule has 112 valence electrons. The van der Waals surface area contributed by atoms with Gasteiger partial charge >= 0.3 is 0 Å². The van der Waals surface area contributed by atoms with Crippen LogP contribution in [0.2, 0.25) is 0 Å². The van der Waals surface area contributed by atoms with Crippen molar-refractivity contribution in [1.82, 2.24) is 9.80 Å². The molecule has 1 amide bonds. The van der Waals surface area contributed by atoms with E-state index in [4.69, 9.17) is 5.73 Å². The molecular formula is C14H29N3O2. The first kappa shape index (κ1) is 16.4. The van der Waals surface area contributed by atoms with E-state index in [1.54, 1.807) is 0 Å². The number of piperidine rings is 1. The van der Waals surface area contributed by atoms with Crippen LogP contribution in [0.1, 0.15) is 33.1 Å². The number of aliphatic hydroxyl groups is 1. The van der Waals surface area contributed by atoms with Gasteiger partial charge in [0.25, 0.3) is 0 Å². The Labute approximate surface area is 116 Å². The van der Waals surface area contributed by atoms with Crippen molar-refractivity contribution in [2.75, 3.05) is 39.8 Å². The topological polar surface area (TPSA) is 69.8 Å². The molecule has 0 bridgehead atoms. The number of hydrogen-bond acceptors (Lipinski definition) is 4. The molecule has 0 aromatic rings. The summed E-state index contributed by atoms with van der Waals surface area (Å²) in [5, 5.41) is 9.24. The maximum atomic E-state index is 12.7. The second-order valence-corrected chi connectivity index (χ2v) is 5.87. The summed E-state index contributed by atoms with van der Waals surface area (Å²) >= 11 is 0. The minimum Gasteiger partial charge on any atom is -0.395 e. The lowest BCUT2D eigenvalue weighted by atomic mass is 9.85. The molecule has 5 heteroatoms. The Morgan fingerprint density at radius 2 is 2.05 bits per heavy atom. The van der Waals surface area contributed by atoms with Crippen LogP contribution in [0.25, 0.3) is 0 Å². The third-order valence-corrected chi connectivity index (χ3v) is 4.48. The third-order valence-electron chi connectivity index (χ3n) is 4.48. The Hall–Kier alpha value is -0.650. The first-order chi connectivity index (χ1) is 8.98. The Balaban J connectivity index is 2.79. The number of nitrogens with two attached hydrogens (primary N) is 1. The number of carbonyl (C=O) groups excluding carboxylic acids is 1. The van der Waals surface area contributed by atoms with E-state index in [0.717, 1.165) is 32.4 Å². The van der Waals surface area contributed by atoms with Crippen molar-refractivity contribution < 1.29 is 9.90 Å². The summed E-state index contributed by atoms with van der Waals surface area (Å²) in [7, 11) is 2.10. The van der Waals surface area contributed by atoms with Crippen molar-refractivity contribution in [3.8, 4) is 0 Å². The average Bonchev–Trinajstić information content (AvgIpc) is 2.44. The zero-order valence-electron chi connectivity index (χ0n) is 12.6. The van der Waals surface area contributed by atoms with Gasteiger partial charge in [0.2, 0.25) is 5.91 Å². The molecule has 1 aliphatic rings. The number of aliphatic hydroxyl groups excluding tert-OH is 1. The van der Waals surface area contributed by atoms with Gasteiger partial charge in [0.1, 0.15) is 0 Å². The quantitative estimate of drug-likeness (QED) is 0.728. The predicted molar refractivity (Wildman–Crippen MR) is 76.8 cm³/mol. The minimum absolute atomic E-state index is 0.0163. The Morgan fingerprint density at radius 3 is 2.47 bits per heavy atom. The number of rotatable bonds is 6. The molecule has 1 atom stereocenters. The number of amides is 1. The summed E-state index contributed by atoms with van der Waals surface area (Å²) in [5.41, 5.74) is 5.28. The SMILES string of the molecule is CCC(C)(CN)C(=O)N(CCO)C1CCN(C)CC1. The second-order valence-electron chi connectivity index (χ2n) is 5.87. The molecule has 19 heavy (non-hydrogen) atoms. The molecule has 0 radical (unpaired) electrons. The van der Waals surface area contributed by atoms with E-state index < -0.39 is 5.41 Å². The van der Waals surface area contributed by atoms with Crippen LogP contribution in [-0.2, 0) is 4.79 Å². The fourth-order valence-corrected chi connectivity index (χ4v) is 2.59. The van der Waals surface area contributed by atoms with E-state index in [9.17, 15) is 9.90 Å². The molecule has 1 unspecified atom stereocenters. The first-order valence-corrected chi connectivity index (χ1v) is 7.29. The third kappa shape index (κ3) is 3.91. The fraction of sp³-hybridized carbons (Fsp3) is 0.929. The number of nitrogens with zero attached hydrogens (tertiary/aromatic N) is 2. The van der Waals surface area contributed by atoms with Crippen molar-refractivity contribution in [1.29, 1.82) is 0 Å². The van der Waals surface area contributed by atoms with Gasteiger partial charge in [-0.3, -0.25) is 4.79 Å². The Morgan fingerprint density at radius 1 is 1.47 bits per heavy atom.